The normalized spacial score (nSPS) is 26.2. The maximum absolute atomic E-state index is 14.2. The number of hydrogen-bond acceptors (Lipinski definition) is 2. The molecule has 0 spiro atoms. The summed E-state index contributed by atoms with van der Waals surface area (Å²) < 4.78 is 93.5. The van der Waals surface area contributed by atoms with Crippen LogP contribution in [0.15, 0.2) is 30.3 Å². The molecule has 2 fully saturated rings. The van der Waals surface area contributed by atoms with E-state index in [0.717, 1.165) is 5.56 Å². The first-order valence-corrected chi connectivity index (χ1v) is 7.85. The minimum atomic E-state index is -5.90. The third-order valence-corrected chi connectivity index (χ3v) is 4.86. The first-order chi connectivity index (χ1) is 12.0. The second kappa shape index (κ2) is 5.83. The van der Waals surface area contributed by atoms with Gasteiger partial charge in [0.1, 0.15) is 0 Å². The van der Waals surface area contributed by atoms with Crippen LogP contribution in [0.3, 0.4) is 0 Å². The molecule has 0 atom stereocenters. The standard InChI is InChI=1S/C16H15F7N2O/c17-13(14(18,19)16(22,23)15(13,20)21)12(26)25-8-6-24(7-9-25)10-11-4-2-1-3-5-11/h1-5H,6-10H2. The van der Waals surface area contributed by atoms with Crippen molar-refractivity contribution in [2.75, 3.05) is 26.2 Å². The maximum atomic E-state index is 14.2. The van der Waals surface area contributed by atoms with E-state index in [0.29, 0.717) is 11.4 Å². The van der Waals surface area contributed by atoms with Gasteiger partial charge in [-0.2, -0.15) is 26.3 Å². The number of rotatable bonds is 3. The van der Waals surface area contributed by atoms with Crippen molar-refractivity contribution in [2.45, 2.75) is 30.0 Å². The Bertz CT molecular complexity index is 669. The number of alkyl halides is 7. The Balaban J connectivity index is 1.67. The van der Waals surface area contributed by atoms with Gasteiger partial charge in [-0.1, -0.05) is 30.3 Å². The molecule has 0 aromatic heterocycles. The fraction of sp³-hybridized carbons (Fsp3) is 0.562. The van der Waals surface area contributed by atoms with Crippen molar-refractivity contribution < 1.29 is 35.5 Å². The molecule has 1 heterocycles. The molecule has 3 nitrogen and oxygen atoms in total. The second-order valence-electron chi connectivity index (χ2n) is 6.44. The van der Waals surface area contributed by atoms with Crippen LogP contribution in [0.4, 0.5) is 30.7 Å². The number of carbonyl (C=O) groups is 1. The Morgan fingerprint density at radius 2 is 1.31 bits per heavy atom. The Morgan fingerprint density at radius 3 is 1.81 bits per heavy atom. The van der Waals surface area contributed by atoms with E-state index < -0.39 is 29.3 Å². The molecule has 0 radical (unpaired) electrons. The first-order valence-electron chi connectivity index (χ1n) is 7.85. The van der Waals surface area contributed by atoms with Crippen LogP contribution in [0.25, 0.3) is 0 Å². The lowest BCUT2D eigenvalue weighted by Gasteiger charge is -2.54. The van der Waals surface area contributed by atoms with Crippen LogP contribution in [0.5, 0.6) is 0 Å². The number of carbonyl (C=O) groups excluding carboxylic acids is 1. The number of benzene rings is 1. The molecule has 3 rings (SSSR count). The summed E-state index contributed by atoms with van der Waals surface area (Å²) in [5, 5.41) is 0. The lowest BCUT2D eigenvalue weighted by atomic mass is 9.68. The molecule has 26 heavy (non-hydrogen) atoms. The number of piperazine rings is 1. The molecular weight excluding hydrogens is 369 g/mol. The second-order valence-corrected chi connectivity index (χ2v) is 6.44. The molecule has 0 N–H and O–H groups in total. The van der Waals surface area contributed by atoms with E-state index >= 15 is 0 Å². The van der Waals surface area contributed by atoms with Gasteiger partial charge in [0.2, 0.25) is 0 Å². The highest BCUT2D eigenvalue weighted by molar-refractivity contribution is 5.90. The van der Waals surface area contributed by atoms with Crippen LogP contribution >= 0.6 is 0 Å². The van der Waals surface area contributed by atoms with Crippen LogP contribution in [0.2, 0.25) is 0 Å². The van der Waals surface area contributed by atoms with E-state index in [4.69, 9.17) is 0 Å². The Kier molecular flexibility index (Phi) is 4.25. The molecule has 144 valence electrons. The zero-order chi connectivity index (χ0) is 19.4. The monoisotopic (exact) mass is 384 g/mol. The summed E-state index contributed by atoms with van der Waals surface area (Å²) >= 11 is 0. The highest BCUT2D eigenvalue weighted by Gasteiger charge is 3.02. The lowest BCUT2D eigenvalue weighted by Crippen LogP contribution is -2.88. The predicted molar refractivity (Wildman–Crippen MR) is 77.0 cm³/mol. The van der Waals surface area contributed by atoms with Crippen molar-refractivity contribution in [3.05, 3.63) is 35.9 Å². The zero-order valence-corrected chi connectivity index (χ0v) is 13.4. The van der Waals surface area contributed by atoms with Gasteiger partial charge >= 0.3 is 23.4 Å². The Hall–Kier alpha value is -1.84. The molecule has 10 heteroatoms. The SMILES string of the molecule is O=C(N1CCN(Cc2ccccc2)CC1)C1(F)C(F)(F)C(F)(F)C1(F)F. The molecule has 1 aromatic rings. The van der Waals surface area contributed by atoms with Gasteiger partial charge in [-0.3, -0.25) is 9.69 Å². The van der Waals surface area contributed by atoms with E-state index in [1.54, 1.807) is 0 Å². The van der Waals surface area contributed by atoms with Gasteiger partial charge in [-0.05, 0) is 5.56 Å². The predicted octanol–water partition coefficient (Wildman–Crippen LogP) is 2.96. The van der Waals surface area contributed by atoms with Crippen molar-refractivity contribution in [3.8, 4) is 0 Å². The molecule has 1 aromatic carbocycles. The molecule has 1 amide bonds. The number of nitrogens with zero attached hydrogens (tertiary/aromatic N) is 2. The van der Waals surface area contributed by atoms with Crippen LogP contribution < -0.4 is 0 Å². The average Bonchev–Trinajstić information content (AvgIpc) is 2.61. The van der Waals surface area contributed by atoms with E-state index in [1.165, 1.54) is 0 Å². The molecule has 0 bridgehead atoms. The summed E-state index contributed by atoms with van der Waals surface area (Å²) in [7, 11) is 0. The largest absolute Gasteiger partial charge is 0.380 e. The average molecular weight is 384 g/mol. The molecular formula is C16H15F7N2O. The Morgan fingerprint density at radius 1 is 0.808 bits per heavy atom. The van der Waals surface area contributed by atoms with E-state index in [-0.39, 0.29) is 26.2 Å². The topological polar surface area (TPSA) is 23.6 Å². The van der Waals surface area contributed by atoms with E-state index in [9.17, 15) is 35.5 Å². The van der Waals surface area contributed by atoms with Gasteiger partial charge in [-0.15, -0.1) is 0 Å². The first kappa shape index (κ1) is 18.9. The summed E-state index contributed by atoms with van der Waals surface area (Å²) in [6.07, 6.45) is 0. The highest BCUT2D eigenvalue weighted by Crippen LogP contribution is 2.69. The molecule has 1 saturated carbocycles. The molecule has 2 aliphatic rings. The molecule has 1 aliphatic heterocycles. The van der Waals surface area contributed by atoms with Crippen LogP contribution in [0, 0.1) is 0 Å². The highest BCUT2D eigenvalue weighted by atomic mass is 19.4. The number of amides is 1. The van der Waals surface area contributed by atoms with Gasteiger partial charge in [0.25, 0.3) is 5.91 Å². The van der Waals surface area contributed by atoms with Crippen molar-refractivity contribution in [3.63, 3.8) is 0 Å². The quantitative estimate of drug-likeness (QED) is 0.749. The van der Waals surface area contributed by atoms with E-state index in [1.807, 2.05) is 35.2 Å². The van der Waals surface area contributed by atoms with Crippen LogP contribution in [-0.2, 0) is 11.3 Å². The van der Waals surface area contributed by atoms with Crippen LogP contribution in [-0.4, -0.2) is 65.3 Å². The zero-order valence-electron chi connectivity index (χ0n) is 13.4. The van der Waals surface area contributed by atoms with Crippen molar-refractivity contribution >= 4 is 5.91 Å². The molecule has 0 unspecified atom stereocenters. The third-order valence-electron chi connectivity index (χ3n) is 4.86. The number of halogens is 7. The maximum Gasteiger partial charge on any atom is 0.380 e. The van der Waals surface area contributed by atoms with Crippen molar-refractivity contribution in [1.82, 2.24) is 9.80 Å². The fourth-order valence-corrected chi connectivity index (χ4v) is 3.20. The van der Waals surface area contributed by atoms with Crippen molar-refractivity contribution in [2.24, 2.45) is 0 Å². The van der Waals surface area contributed by atoms with Crippen molar-refractivity contribution in [1.29, 1.82) is 0 Å². The van der Waals surface area contributed by atoms with E-state index in [2.05, 4.69) is 0 Å². The summed E-state index contributed by atoms with van der Waals surface area (Å²) in [5.74, 6) is -19.7. The molecule has 1 aliphatic carbocycles. The summed E-state index contributed by atoms with van der Waals surface area (Å²) in [6, 6.07) is 9.11. The van der Waals surface area contributed by atoms with Gasteiger partial charge < -0.3 is 4.90 Å². The summed E-state index contributed by atoms with van der Waals surface area (Å²) in [5.41, 5.74) is -4.29. The lowest BCUT2D eigenvalue weighted by molar-refractivity contribution is -0.459. The smallest absolute Gasteiger partial charge is 0.337 e. The summed E-state index contributed by atoms with van der Waals surface area (Å²) in [4.78, 5) is 14.2. The van der Waals surface area contributed by atoms with Gasteiger partial charge in [-0.25, -0.2) is 4.39 Å². The van der Waals surface area contributed by atoms with Crippen LogP contribution in [0.1, 0.15) is 5.56 Å². The fourth-order valence-electron chi connectivity index (χ4n) is 3.20. The minimum Gasteiger partial charge on any atom is -0.337 e. The molecule has 1 saturated heterocycles. The number of hydrogen-bond donors (Lipinski definition) is 0. The summed E-state index contributed by atoms with van der Waals surface area (Å²) in [6.45, 7) is 0.0761. The van der Waals surface area contributed by atoms with Gasteiger partial charge in [0.05, 0.1) is 0 Å². The minimum absolute atomic E-state index is 0.115. The Labute approximate surface area is 144 Å². The third kappa shape index (κ3) is 2.27. The van der Waals surface area contributed by atoms with Gasteiger partial charge in [0.15, 0.2) is 0 Å². The van der Waals surface area contributed by atoms with Gasteiger partial charge in [0, 0.05) is 32.7 Å².